The lowest BCUT2D eigenvalue weighted by atomic mass is 10.1. The first-order valence-corrected chi connectivity index (χ1v) is 9.75. The van der Waals surface area contributed by atoms with Gasteiger partial charge in [-0.15, -0.1) is 0 Å². The first kappa shape index (κ1) is 19.2. The van der Waals surface area contributed by atoms with Gasteiger partial charge in [-0.2, -0.15) is 0 Å². The predicted molar refractivity (Wildman–Crippen MR) is 110 cm³/mol. The van der Waals surface area contributed by atoms with E-state index < -0.39 is 0 Å². The van der Waals surface area contributed by atoms with Crippen LogP contribution in [0.5, 0.6) is 23.0 Å². The number of hydrogen-bond acceptors (Lipinski definition) is 5. The average molecular weight is 395 g/mol. The number of nitrogens with zero attached hydrogens (tertiary/aromatic N) is 1. The van der Waals surface area contributed by atoms with Gasteiger partial charge in [0, 0.05) is 24.1 Å². The van der Waals surface area contributed by atoms with Gasteiger partial charge in [-0.25, -0.2) is 0 Å². The Morgan fingerprint density at radius 2 is 1.59 bits per heavy atom. The molecule has 4 rings (SSSR count). The molecule has 2 heterocycles. The summed E-state index contributed by atoms with van der Waals surface area (Å²) in [5.41, 5.74) is 1.92. The minimum atomic E-state index is -0.113. The number of ether oxygens (including phenoxy) is 4. The Hall–Kier alpha value is -3.15. The molecule has 6 heteroatoms. The summed E-state index contributed by atoms with van der Waals surface area (Å²) in [5.74, 6) is 2.51. The quantitative estimate of drug-likeness (QED) is 0.566. The predicted octanol–water partition coefficient (Wildman–Crippen LogP) is 4.71. The van der Waals surface area contributed by atoms with Gasteiger partial charge in [0.2, 0.25) is 12.6 Å². The SMILES string of the molecule is CC(C)Oc1ccc(C(=O)c2c(OC(C)C)c3cc4c(cc3n2C)OCO4)cc1. The van der Waals surface area contributed by atoms with Gasteiger partial charge >= 0.3 is 0 Å². The van der Waals surface area contributed by atoms with Gasteiger partial charge in [-0.3, -0.25) is 4.79 Å². The van der Waals surface area contributed by atoms with Crippen molar-refractivity contribution in [1.82, 2.24) is 4.57 Å². The van der Waals surface area contributed by atoms with E-state index in [9.17, 15) is 4.79 Å². The molecule has 0 atom stereocenters. The molecule has 0 amide bonds. The highest BCUT2D eigenvalue weighted by molar-refractivity contribution is 6.14. The lowest BCUT2D eigenvalue weighted by Crippen LogP contribution is -2.13. The third kappa shape index (κ3) is 3.50. The molecule has 152 valence electrons. The fraction of sp³-hybridized carbons (Fsp3) is 0.348. The Bertz CT molecular complexity index is 1060. The van der Waals surface area contributed by atoms with Crippen molar-refractivity contribution < 1.29 is 23.7 Å². The van der Waals surface area contributed by atoms with Crippen LogP contribution in [0.4, 0.5) is 0 Å². The Morgan fingerprint density at radius 3 is 2.21 bits per heavy atom. The van der Waals surface area contributed by atoms with Gasteiger partial charge in [-0.05, 0) is 58.0 Å². The fourth-order valence-corrected chi connectivity index (χ4v) is 3.50. The number of rotatable bonds is 6. The molecule has 1 aliphatic rings. The van der Waals surface area contributed by atoms with Crippen LogP contribution in [0.3, 0.4) is 0 Å². The molecule has 0 unspecified atom stereocenters. The lowest BCUT2D eigenvalue weighted by Gasteiger charge is -2.13. The number of hydrogen-bond donors (Lipinski definition) is 0. The Morgan fingerprint density at radius 1 is 0.966 bits per heavy atom. The minimum Gasteiger partial charge on any atom is -0.491 e. The van der Waals surface area contributed by atoms with Crippen LogP contribution in [0.2, 0.25) is 0 Å². The molecule has 6 nitrogen and oxygen atoms in total. The third-order valence-corrected chi connectivity index (χ3v) is 4.70. The number of aromatic nitrogens is 1. The second-order valence-corrected chi connectivity index (χ2v) is 7.65. The summed E-state index contributed by atoms with van der Waals surface area (Å²) in [6.07, 6.45) is -0.00783. The first-order chi connectivity index (χ1) is 13.8. The molecule has 0 aliphatic carbocycles. The zero-order valence-electron chi connectivity index (χ0n) is 17.3. The number of carbonyl (C=O) groups excluding carboxylic acids is 1. The van der Waals surface area contributed by atoms with Crippen LogP contribution in [-0.4, -0.2) is 29.4 Å². The molecule has 0 N–H and O–H groups in total. The van der Waals surface area contributed by atoms with Gasteiger partial charge < -0.3 is 23.5 Å². The number of aryl methyl sites for hydroxylation is 1. The summed E-state index contributed by atoms with van der Waals surface area (Å²) in [6, 6.07) is 11.0. The van der Waals surface area contributed by atoms with Crippen molar-refractivity contribution in [2.45, 2.75) is 39.9 Å². The van der Waals surface area contributed by atoms with E-state index in [1.807, 2.05) is 63.6 Å². The number of ketones is 1. The van der Waals surface area contributed by atoms with Crippen molar-refractivity contribution >= 4 is 16.7 Å². The highest BCUT2D eigenvalue weighted by Crippen LogP contribution is 2.42. The summed E-state index contributed by atoms with van der Waals surface area (Å²) in [7, 11) is 1.86. The topological polar surface area (TPSA) is 58.9 Å². The molecule has 0 radical (unpaired) electrons. The van der Waals surface area contributed by atoms with Gasteiger partial charge in [0.25, 0.3) is 0 Å². The second kappa shape index (κ2) is 7.35. The summed E-state index contributed by atoms with van der Waals surface area (Å²) in [4.78, 5) is 13.4. The van der Waals surface area contributed by atoms with E-state index in [0.29, 0.717) is 28.5 Å². The summed E-state index contributed by atoms with van der Waals surface area (Å²) in [5, 5.41) is 0.827. The van der Waals surface area contributed by atoms with E-state index >= 15 is 0 Å². The smallest absolute Gasteiger partial charge is 0.231 e. The molecule has 3 aromatic rings. The molecule has 2 aromatic carbocycles. The number of carbonyl (C=O) groups is 1. The molecule has 0 fully saturated rings. The minimum absolute atomic E-state index is 0.0761. The molecule has 0 saturated heterocycles. The van der Waals surface area contributed by atoms with Crippen LogP contribution < -0.4 is 18.9 Å². The Kier molecular flexibility index (Phi) is 4.86. The van der Waals surface area contributed by atoms with E-state index in [1.54, 1.807) is 12.1 Å². The monoisotopic (exact) mass is 395 g/mol. The van der Waals surface area contributed by atoms with Gasteiger partial charge in [0.1, 0.15) is 11.4 Å². The third-order valence-electron chi connectivity index (χ3n) is 4.70. The summed E-state index contributed by atoms with van der Waals surface area (Å²) < 4.78 is 24.7. The van der Waals surface area contributed by atoms with Crippen LogP contribution in [0.15, 0.2) is 36.4 Å². The van der Waals surface area contributed by atoms with E-state index in [2.05, 4.69) is 0 Å². The standard InChI is InChI=1S/C23H25NO5/c1-13(2)28-16-8-6-15(7-9-16)22(25)21-23(29-14(3)4)17-10-19-20(27-12-26-19)11-18(17)24(21)5/h6-11,13-14H,12H2,1-5H3. The normalized spacial score (nSPS) is 12.8. The largest absolute Gasteiger partial charge is 0.491 e. The van der Waals surface area contributed by atoms with Crippen molar-refractivity contribution in [3.63, 3.8) is 0 Å². The van der Waals surface area contributed by atoms with Crippen LogP contribution in [-0.2, 0) is 7.05 Å². The summed E-state index contributed by atoms with van der Waals surface area (Å²) >= 11 is 0. The van der Waals surface area contributed by atoms with Crippen molar-refractivity contribution in [3.8, 4) is 23.0 Å². The van der Waals surface area contributed by atoms with Crippen LogP contribution >= 0.6 is 0 Å². The number of benzene rings is 2. The van der Waals surface area contributed by atoms with Crippen molar-refractivity contribution in [3.05, 3.63) is 47.7 Å². The van der Waals surface area contributed by atoms with E-state index in [1.165, 1.54) is 0 Å². The fourth-order valence-electron chi connectivity index (χ4n) is 3.50. The van der Waals surface area contributed by atoms with E-state index in [0.717, 1.165) is 16.7 Å². The zero-order valence-corrected chi connectivity index (χ0v) is 17.3. The molecular weight excluding hydrogens is 370 g/mol. The molecule has 1 aromatic heterocycles. The first-order valence-electron chi connectivity index (χ1n) is 9.75. The molecule has 29 heavy (non-hydrogen) atoms. The van der Waals surface area contributed by atoms with Crippen LogP contribution in [0.25, 0.3) is 10.9 Å². The maximum Gasteiger partial charge on any atom is 0.231 e. The van der Waals surface area contributed by atoms with Gasteiger partial charge in [0.05, 0.1) is 17.7 Å². The van der Waals surface area contributed by atoms with Crippen LogP contribution in [0.1, 0.15) is 43.7 Å². The molecule has 0 bridgehead atoms. The molecule has 0 spiro atoms. The zero-order chi connectivity index (χ0) is 20.7. The van der Waals surface area contributed by atoms with Gasteiger partial charge in [-0.1, -0.05) is 0 Å². The molecule has 1 aliphatic heterocycles. The second-order valence-electron chi connectivity index (χ2n) is 7.65. The van der Waals surface area contributed by atoms with Crippen molar-refractivity contribution in [2.75, 3.05) is 6.79 Å². The number of fused-ring (bicyclic) bond motifs is 2. The highest BCUT2D eigenvalue weighted by Gasteiger charge is 2.27. The Labute approximate surface area is 169 Å². The molecule has 0 saturated carbocycles. The van der Waals surface area contributed by atoms with E-state index in [-0.39, 0.29) is 24.8 Å². The van der Waals surface area contributed by atoms with E-state index in [4.69, 9.17) is 18.9 Å². The summed E-state index contributed by atoms with van der Waals surface area (Å²) in [6.45, 7) is 8.02. The lowest BCUT2D eigenvalue weighted by molar-refractivity contribution is 0.102. The maximum atomic E-state index is 13.4. The highest BCUT2D eigenvalue weighted by atomic mass is 16.7. The van der Waals surface area contributed by atoms with Gasteiger partial charge in [0.15, 0.2) is 17.2 Å². The van der Waals surface area contributed by atoms with Crippen LogP contribution in [0, 0.1) is 0 Å². The average Bonchev–Trinajstić information content (AvgIpc) is 3.22. The maximum absolute atomic E-state index is 13.4. The Balaban J connectivity index is 1.81. The van der Waals surface area contributed by atoms with Crippen molar-refractivity contribution in [2.24, 2.45) is 7.05 Å². The molecular formula is C23H25NO5. The van der Waals surface area contributed by atoms with Crippen molar-refractivity contribution in [1.29, 1.82) is 0 Å².